The van der Waals surface area contributed by atoms with Gasteiger partial charge in [-0.15, -0.1) is 0 Å². The predicted molar refractivity (Wildman–Crippen MR) is 109 cm³/mol. The molecule has 0 radical (unpaired) electrons. The summed E-state index contributed by atoms with van der Waals surface area (Å²) < 4.78 is 8.05. The van der Waals surface area contributed by atoms with Gasteiger partial charge in [0.1, 0.15) is 11.2 Å². The Morgan fingerprint density at radius 1 is 1.15 bits per heavy atom. The topological polar surface area (TPSA) is 53.2 Å². The van der Waals surface area contributed by atoms with E-state index in [0.717, 1.165) is 5.56 Å². The Bertz CT molecular complexity index is 1140. The van der Waals surface area contributed by atoms with Crippen LogP contribution in [0, 0.1) is 4.64 Å². The highest BCUT2D eigenvalue weighted by atomic mass is 35.5. The summed E-state index contributed by atoms with van der Waals surface area (Å²) in [5.41, 5.74) is 0.990. The maximum absolute atomic E-state index is 13.1. The average molecular weight is 423 g/mol. The van der Waals surface area contributed by atoms with Gasteiger partial charge in [0, 0.05) is 15.4 Å². The molecule has 0 aliphatic carbocycles. The Labute approximate surface area is 170 Å². The fraction of sp³-hybridized carbons (Fsp3) is 0.211. The van der Waals surface area contributed by atoms with E-state index in [1.807, 2.05) is 24.3 Å². The van der Waals surface area contributed by atoms with Gasteiger partial charge in [-0.1, -0.05) is 53.6 Å². The first-order chi connectivity index (χ1) is 12.9. The third kappa shape index (κ3) is 4.08. The van der Waals surface area contributed by atoms with Crippen LogP contribution in [0.25, 0.3) is 10.9 Å². The van der Waals surface area contributed by atoms with Crippen LogP contribution in [0.1, 0.15) is 12.5 Å². The number of para-hydroxylation sites is 1. The van der Waals surface area contributed by atoms with Crippen LogP contribution in [-0.4, -0.2) is 21.7 Å². The van der Waals surface area contributed by atoms with Crippen molar-refractivity contribution in [2.75, 3.05) is 6.61 Å². The van der Waals surface area contributed by atoms with Crippen LogP contribution in [0.2, 0.25) is 10.0 Å². The Morgan fingerprint density at radius 3 is 2.59 bits per heavy atom. The van der Waals surface area contributed by atoms with E-state index < -0.39 is 11.7 Å². The number of esters is 1. The summed E-state index contributed by atoms with van der Waals surface area (Å²) in [6.07, 6.45) is 0. The van der Waals surface area contributed by atoms with Gasteiger partial charge in [-0.25, -0.2) is 4.79 Å². The smallest absolute Gasteiger partial charge is 0.330 e. The van der Waals surface area contributed by atoms with Crippen LogP contribution < -0.4 is 5.69 Å². The van der Waals surface area contributed by atoms with Crippen molar-refractivity contribution in [1.82, 2.24) is 9.13 Å². The van der Waals surface area contributed by atoms with E-state index in [4.69, 9.17) is 40.2 Å². The molecule has 0 amide bonds. The fourth-order valence-corrected chi connectivity index (χ4v) is 3.60. The minimum absolute atomic E-state index is 0.216. The number of rotatable bonds is 5. The molecule has 0 spiro atoms. The Kier molecular flexibility index (Phi) is 5.99. The van der Waals surface area contributed by atoms with Crippen LogP contribution in [0.4, 0.5) is 0 Å². The minimum Gasteiger partial charge on any atom is -0.465 e. The van der Waals surface area contributed by atoms with E-state index in [2.05, 4.69) is 0 Å². The molecule has 0 fully saturated rings. The quantitative estimate of drug-likeness (QED) is 0.450. The van der Waals surface area contributed by atoms with Gasteiger partial charge in [-0.05, 0) is 36.8 Å². The van der Waals surface area contributed by atoms with Crippen molar-refractivity contribution in [3.05, 3.63) is 73.2 Å². The standard InChI is InChI=1S/C19H16Cl2N2O3S/c1-2-26-17(24)11-23-18(27)14-5-3-4-6-16(14)22(19(23)25)10-12-7-8-13(20)9-15(12)21/h3-9H,2,10-11H2,1H3. The SMILES string of the molecule is CCOC(=O)Cn1c(=S)c2ccccc2n(Cc2ccc(Cl)cc2Cl)c1=O. The van der Waals surface area contributed by atoms with Gasteiger partial charge in [0.2, 0.25) is 0 Å². The number of fused-ring (bicyclic) bond motifs is 1. The van der Waals surface area contributed by atoms with E-state index in [1.165, 1.54) is 4.57 Å². The third-order valence-corrected chi connectivity index (χ3v) is 5.10. The molecule has 0 atom stereocenters. The second kappa shape index (κ2) is 8.25. The first-order valence-corrected chi connectivity index (χ1v) is 9.40. The molecule has 0 aliphatic rings. The Hall–Kier alpha value is -2.15. The summed E-state index contributed by atoms with van der Waals surface area (Å²) in [5.74, 6) is -0.517. The molecule has 0 bridgehead atoms. The second-order valence-corrected chi connectivity index (χ2v) is 7.05. The largest absolute Gasteiger partial charge is 0.465 e. The molecule has 1 aromatic heterocycles. The zero-order valence-electron chi connectivity index (χ0n) is 14.4. The van der Waals surface area contributed by atoms with Gasteiger partial charge in [0.25, 0.3) is 0 Å². The number of halogens is 2. The molecular formula is C19H16Cl2N2O3S. The fourth-order valence-electron chi connectivity index (χ4n) is 2.82. The number of carbonyl (C=O) groups excluding carboxylic acids is 1. The van der Waals surface area contributed by atoms with E-state index >= 15 is 0 Å². The number of ether oxygens (including phenoxy) is 1. The molecular weight excluding hydrogens is 407 g/mol. The highest BCUT2D eigenvalue weighted by Gasteiger charge is 2.15. The van der Waals surface area contributed by atoms with Crippen molar-refractivity contribution >= 4 is 52.3 Å². The first-order valence-electron chi connectivity index (χ1n) is 8.24. The molecule has 2 aromatic carbocycles. The van der Waals surface area contributed by atoms with E-state index in [9.17, 15) is 9.59 Å². The predicted octanol–water partition coefficient (Wildman–Crippen LogP) is 4.45. The molecule has 0 aliphatic heterocycles. The molecule has 5 nitrogen and oxygen atoms in total. The highest BCUT2D eigenvalue weighted by Crippen LogP contribution is 2.23. The van der Waals surface area contributed by atoms with Crippen molar-refractivity contribution < 1.29 is 9.53 Å². The first kappa shape index (κ1) is 19.6. The number of carbonyl (C=O) groups is 1. The molecule has 1 heterocycles. The molecule has 8 heteroatoms. The van der Waals surface area contributed by atoms with Crippen LogP contribution in [0.3, 0.4) is 0 Å². The zero-order valence-corrected chi connectivity index (χ0v) is 16.8. The van der Waals surface area contributed by atoms with Crippen LogP contribution in [-0.2, 0) is 22.6 Å². The number of nitrogens with zero attached hydrogens (tertiary/aromatic N) is 2. The van der Waals surface area contributed by atoms with Crippen LogP contribution >= 0.6 is 35.4 Å². The van der Waals surface area contributed by atoms with E-state index in [1.54, 1.807) is 29.7 Å². The highest BCUT2D eigenvalue weighted by molar-refractivity contribution is 7.71. The summed E-state index contributed by atoms with van der Waals surface area (Å²) in [6.45, 7) is 1.91. The Morgan fingerprint density at radius 2 is 1.89 bits per heavy atom. The summed E-state index contributed by atoms with van der Waals surface area (Å²) in [4.78, 5) is 25.0. The van der Waals surface area contributed by atoms with Crippen molar-refractivity contribution in [2.24, 2.45) is 0 Å². The van der Waals surface area contributed by atoms with Crippen molar-refractivity contribution in [1.29, 1.82) is 0 Å². The lowest BCUT2D eigenvalue weighted by Crippen LogP contribution is -2.34. The van der Waals surface area contributed by atoms with E-state index in [-0.39, 0.29) is 19.7 Å². The summed E-state index contributed by atoms with van der Waals surface area (Å²) in [6, 6.07) is 12.4. The van der Waals surface area contributed by atoms with Gasteiger partial charge in [0.05, 0.1) is 18.7 Å². The molecule has 0 saturated heterocycles. The lowest BCUT2D eigenvalue weighted by atomic mass is 10.2. The number of benzene rings is 2. The van der Waals surface area contributed by atoms with Gasteiger partial charge >= 0.3 is 11.7 Å². The molecule has 0 unspecified atom stereocenters. The number of hydrogen-bond acceptors (Lipinski definition) is 4. The van der Waals surface area contributed by atoms with Gasteiger partial charge < -0.3 is 4.74 Å². The van der Waals surface area contributed by atoms with Gasteiger partial charge in [-0.3, -0.25) is 13.9 Å². The Balaban J connectivity index is 2.20. The molecule has 3 rings (SSSR count). The van der Waals surface area contributed by atoms with Crippen molar-refractivity contribution in [2.45, 2.75) is 20.0 Å². The van der Waals surface area contributed by atoms with Crippen molar-refractivity contribution in [3.63, 3.8) is 0 Å². The zero-order chi connectivity index (χ0) is 19.6. The maximum atomic E-state index is 13.1. The average Bonchev–Trinajstić information content (AvgIpc) is 2.64. The molecule has 0 saturated carbocycles. The molecule has 3 aromatic rings. The summed E-state index contributed by atoms with van der Waals surface area (Å²) in [7, 11) is 0. The summed E-state index contributed by atoms with van der Waals surface area (Å²) in [5, 5.41) is 1.67. The minimum atomic E-state index is -0.517. The maximum Gasteiger partial charge on any atom is 0.330 e. The van der Waals surface area contributed by atoms with Gasteiger partial charge in [0.15, 0.2) is 0 Å². The number of aromatic nitrogens is 2. The number of hydrogen-bond donors (Lipinski definition) is 0. The molecule has 27 heavy (non-hydrogen) atoms. The second-order valence-electron chi connectivity index (χ2n) is 5.82. The van der Waals surface area contributed by atoms with Gasteiger partial charge in [-0.2, -0.15) is 0 Å². The lowest BCUT2D eigenvalue weighted by molar-refractivity contribution is -0.143. The monoisotopic (exact) mass is 422 g/mol. The lowest BCUT2D eigenvalue weighted by Gasteiger charge is -2.15. The van der Waals surface area contributed by atoms with E-state index in [0.29, 0.717) is 25.6 Å². The van der Waals surface area contributed by atoms with Crippen molar-refractivity contribution in [3.8, 4) is 0 Å². The molecule has 140 valence electrons. The molecule has 0 N–H and O–H groups in total. The summed E-state index contributed by atoms with van der Waals surface area (Å²) >= 11 is 17.7. The normalized spacial score (nSPS) is 10.9. The third-order valence-electron chi connectivity index (χ3n) is 4.07. The van der Waals surface area contributed by atoms with Crippen LogP contribution in [0.5, 0.6) is 0 Å². The van der Waals surface area contributed by atoms with Crippen LogP contribution in [0.15, 0.2) is 47.3 Å².